The SMILES string of the molecule is Cc1ccc(N(CC(=O)N(Cc2ccc(Cl)cc2)C(C)C(=O)NC2CCCCC2)S(C)(=O)=O)cc1. The van der Waals surface area contributed by atoms with E-state index in [1.165, 1.54) is 11.3 Å². The summed E-state index contributed by atoms with van der Waals surface area (Å²) in [6, 6.07) is 13.3. The van der Waals surface area contributed by atoms with E-state index in [-0.39, 0.29) is 18.5 Å². The number of carbonyl (C=O) groups excluding carboxylic acids is 2. The molecule has 0 heterocycles. The van der Waals surface area contributed by atoms with Crippen molar-refractivity contribution in [1.82, 2.24) is 10.2 Å². The molecular formula is C26H34ClN3O4S. The molecule has 1 fully saturated rings. The molecule has 1 atom stereocenters. The summed E-state index contributed by atoms with van der Waals surface area (Å²) in [4.78, 5) is 28.1. The standard InChI is InChI=1S/C26H34ClN3O4S/c1-19-9-15-24(16-10-19)30(35(3,33)34)18-25(31)29(17-21-11-13-22(27)14-12-21)20(2)26(32)28-23-7-5-4-6-8-23/h9-16,20,23H,4-8,17-18H2,1-3H3,(H,28,32). The third-order valence-corrected chi connectivity index (χ3v) is 7.78. The second-order valence-electron chi connectivity index (χ2n) is 9.27. The number of amides is 2. The summed E-state index contributed by atoms with van der Waals surface area (Å²) in [5.41, 5.74) is 2.17. The Labute approximate surface area is 213 Å². The van der Waals surface area contributed by atoms with Gasteiger partial charge >= 0.3 is 0 Å². The van der Waals surface area contributed by atoms with Crippen molar-refractivity contribution in [3.05, 3.63) is 64.7 Å². The van der Waals surface area contributed by atoms with Gasteiger partial charge < -0.3 is 10.2 Å². The van der Waals surface area contributed by atoms with Gasteiger partial charge in [-0.1, -0.05) is 60.7 Å². The van der Waals surface area contributed by atoms with Gasteiger partial charge in [0.15, 0.2) is 0 Å². The highest BCUT2D eigenvalue weighted by atomic mass is 35.5. The molecule has 1 unspecified atom stereocenters. The first kappa shape index (κ1) is 27.0. The molecule has 0 aromatic heterocycles. The van der Waals surface area contributed by atoms with Crippen LogP contribution in [0.4, 0.5) is 5.69 Å². The normalized spacial score (nSPS) is 15.3. The summed E-state index contributed by atoms with van der Waals surface area (Å²) < 4.78 is 26.3. The largest absolute Gasteiger partial charge is 0.352 e. The zero-order valence-corrected chi connectivity index (χ0v) is 22.1. The maximum atomic E-state index is 13.6. The van der Waals surface area contributed by atoms with E-state index in [1.807, 2.05) is 6.92 Å². The minimum atomic E-state index is -3.74. The molecule has 2 aromatic carbocycles. The lowest BCUT2D eigenvalue weighted by Gasteiger charge is -2.33. The van der Waals surface area contributed by atoms with E-state index in [2.05, 4.69) is 5.32 Å². The van der Waals surface area contributed by atoms with Crippen LogP contribution in [0.15, 0.2) is 48.5 Å². The fourth-order valence-corrected chi connectivity index (χ4v) is 5.24. The Morgan fingerprint density at radius 3 is 2.20 bits per heavy atom. The fourth-order valence-electron chi connectivity index (χ4n) is 4.26. The fraction of sp³-hybridized carbons (Fsp3) is 0.462. The van der Waals surface area contributed by atoms with E-state index in [4.69, 9.17) is 11.6 Å². The third-order valence-electron chi connectivity index (χ3n) is 6.39. The van der Waals surface area contributed by atoms with Crippen LogP contribution in [0.1, 0.15) is 50.2 Å². The Kier molecular flexibility index (Phi) is 9.19. The Balaban J connectivity index is 1.85. The average Bonchev–Trinajstić information content (AvgIpc) is 2.82. The highest BCUT2D eigenvalue weighted by Crippen LogP contribution is 2.21. The van der Waals surface area contributed by atoms with Gasteiger partial charge in [0.25, 0.3) is 0 Å². The summed E-state index contributed by atoms with van der Waals surface area (Å²) in [5.74, 6) is -0.697. The monoisotopic (exact) mass is 519 g/mol. The summed E-state index contributed by atoms with van der Waals surface area (Å²) >= 11 is 6.01. The smallest absolute Gasteiger partial charge is 0.244 e. The molecule has 0 radical (unpaired) electrons. The van der Waals surface area contributed by atoms with Crippen LogP contribution in [-0.4, -0.2) is 50.0 Å². The first-order valence-corrected chi connectivity index (χ1v) is 14.2. The molecule has 2 aromatic rings. The number of hydrogen-bond acceptors (Lipinski definition) is 4. The van der Waals surface area contributed by atoms with Crippen molar-refractivity contribution in [2.75, 3.05) is 17.1 Å². The second kappa shape index (κ2) is 11.9. The lowest BCUT2D eigenvalue weighted by Crippen LogP contribution is -2.52. The molecule has 9 heteroatoms. The molecule has 0 saturated heterocycles. The maximum Gasteiger partial charge on any atom is 0.244 e. The topological polar surface area (TPSA) is 86.8 Å². The van der Waals surface area contributed by atoms with Crippen LogP contribution in [-0.2, 0) is 26.2 Å². The third kappa shape index (κ3) is 7.70. The number of aryl methyl sites for hydroxylation is 1. The Morgan fingerprint density at radius 2 is 1.63 bits per heavy atom. The number of carbonyl (C=O) groups is 2. The molecule has 1 aliphatic rings. The molecular weight excluding hydrogens is 486 g/mol. The number of rotatable bonds is 9. The molecule has 7 nitrogen and oxygen atoms in total. The lowest BCUT2D eigenvalue weighted by atomic mass is 9.95. The van der Waals surface area contributed by atoms with Gasteiger partial charge in [0.2, 0.25) is 21.8 Å². The minimum absolute atomic E-state index is 0.103. The predicted octanol–water partition coefficient (Wildman–Crippen LogP) is 4.28. The van der Waals surface area contributed by atoms with E-state index in [1.54, 1.807) is 55.5 Å². The Morgan fingerprint density at radius 1 is 1.03 bits per heavy atom. The van der Waals surface area contributed by atoms with Gasteiger partial charge in [-0.05, 0) is 56.5 Å². The van der Waals surface area contributed by atoms with Gasteiger partial charge in [-0.3, -0.25) is 13.9 Å². The van der Waals surface area contributed by atoms with E-state index < -0.39 is 28.5 Å². The van der Waals surface area contributed by atoms with Crippen molar-refractivity contribution in [1.29, 1.82) is 0 Å². The quantitative estimate of drug-likeness (QED) is 0.535. The van der Waals surface area contributed by atoms with Crippen LogP contribution >= 0.6 is 11.6 Å². The zero-order chi connectivity index (χ0) is 25.6. The van der Waals surface area contributed by atoms with Gasteiger partial charge in [-0.15, -0.1) is 0 Å². The summed E-state index contributed by atoms with van der Waals surface area (Å²) in [6.07, 6.45) is 6.25. The molecule has 1 aliphatic carbocycles. The van der Waals surface area contributed by atoms with Crippen molar-refractivity contribution in [2.24, 2.45) is 0 Å². The minimum Gasteiger partial charge on any atom is -0.352 e. The van der Waals surface area contributed by atoms with Crippen LogP contribution in [0.25, 0.3) is 0 Å². The number of benzene rings is 2. The molecule has 35 heavy (non-hydrogen) atoms. The molecule has 1 N–H and O–H groups in total. The molecule has 1 saturated carbocycles. The average molecular weight is 520 g/mol. The summed E-state index contributed by atoms with van der Waals surface area (Å²) in [6.45, 7) is 3.33. The van der Waals surface area contributed by atoms with Crippen molar-refractivity contribution >= 4 is 39.1 Å². The van der Waals surface area contributed by atoms with Crippen LogP contribution < -0.4 is 9.62 Å². The second-order valence-corrected chi connectivity index (χ2v) is 11.6. The van der Waals surface area contributed by atoms with E-state index in [0.29, 0.717) is 10.7 Å². The van der Waals surface area contributed by atoms with Crippen LogP contribution in [0.2, 0.25) is 5.02 Å². The molecule has 0 bridgehead atoms. The Bertz CT molecular complexity index is 1110. The van der Waals surface area contributed by atoms with Gasteiger partial charge in [0.05, 0.1) is 11.9 Å². The number of anilines is 1. The number of nitrogens with one attached hydrogen (secondary N) is 1. The molecule has 0 spiro atoms. The summed E-state index contributed by atoms with van der Waals surface area (Å²) in [7, 11) is -3.74. The molecule has 3 rings (SSSR count). The highest BCUT2D eigenvalue weighted by molar-refractivity contribution is 7.92. The zero-order valence-electron chi connectivity index (χ0n) is 20.5. The first-order chi connectivity index (χ1) is 16.5. The van der Waals surface area contributed by atoms with Crippen LogP contribution in [0, 0.1) is 6.92 Å². The van der Waals surface area contributed by atoms with Crippen LogP contribution in [0.5, 0.6) is 0 Å². The van der Waals surface area contributed by atoms with Gasteiger partial charge in [-0.2, -0.15) is 0 Å². The molecule has 190 valence electrons. The van der Waals surface area contributed by atoms with E-state index >= 15 is 0 Å². The first-order valence-electron chi connectivity index (χ1n) is 11.9. The molecule has 2 amide bonds. The van der Waals surface area contributed by atoms with Crippen LogP contribution in [0.3, 0.4) is 0 Å². The Hall–Kier alpha value is -2.58. The number of nitrogens with zero attached hydrogens (tertiary/aromatic N) is 2. The van der Waals surface area contributed by atoms with Gasteiger partial charge in [-0.25, -0.2) is 8.42 Å². The number of halogens is 1. The lowest BCUT2D eigenvalue weighted by molar-refractivity contribution is -0.139. The predicted molar refractivity (Wildman–Crippen MR) is 140 cm³/mol. The van der Waals surface area contributed by atoms with E-state index in [0.717, 1.165) is 47.4 Å². The molecule has 0 aliphatic heterocycles. The van der Waals surface area contributed by atoms with Crippen molar-refractivity contribution < 1.29 is 18.0 Å². The van der Waals surface area contributed by atoms with Crippen molar-refractivity contribution in [2.45, 2.75) is 64.6 Å². The van der Waals surface area contributed by atoms with Crippen molar-refractivity contribution in [3.63, 3.8) is 0 Å². The van der Waals surface area contributed by atoms with Crippen molar-refractivity contribution in [3.8, 4) is 0 Å². The number of hydrogen-bond donors (Lipinski definition) is 1. The van der Waals surface area contributed by atoms with Gasteiger partial charge in [0, 0.05) is 17.6 Å². The summed E-state index contributed by atoms with van der Waals surface area (Å²) in [5, 5.41) is 3.65. The highest BCUT2D eigenvalue weighted by Gasteiger charge is 2.31. The number of sulfonamides is 1. The van der Waals surface area contributed by atoms with E-state index in [9.17, 15) is 18.0 Å². The maximum absolute atomic E-state index is 13.6. The van der Waals surface area contributed by atoms with Gasteiger partial charge in [0.1, 0.15) is 12.6 Å².